The van der Waals surface area contributed by atoms with Crippen LogP contribution in [-0.2, 0) is 9.59 Å². The molecule has 1 aliphatic heterocycles. The summed E-state index contributed by atoms with van der Waals surface area (Å²) in [5.41, 5.74) is 4.45. The molecule has 0 saturated carbocycles. The number of aliphatic imine (C=N–C) groups is 1. The fourth-order valence-electron chi connectivity index (χ4n) is 3.84. The van der Waals surface area contributed by atoms with E-state index in [1.165, 1.54) is 4.90 Å². The van der Waals surface area contributed by atoms with Crippen molar-refractivity contribution >= 4 is 34.9 Å². The van der Waals surface area contributed by atoms with Crippen molar-refractivity contribution in [3.63, 3.8) is 0 Å². The molecule has 0 fully saturated rings. The van der Waals surface area contributed by atoms with Gasteiger partial charge in [0.05, 0.1) is 11.4 Å². The Labute approximate surface area is 204 Å². The topological polar surface area (TPSA) is 103 Å². The van der Waals surface area contributed by atoms with Gasteiger partial charge >= 0.3 is 6.03 Å². The Kier molecular flexibility index (Phi) is 6.91. The standard InChI is InChI=1S/C27H27N5O3/c1-17-11-7-9-15-21(17)29-27(35)28-18(2)25(33)31-24-26(34)32(3)22-16-10-8-14-20(22)23(30-24)19-12-5-4-6-13-19/h4-16,18,24H,1-3H3,(H,31,33)(H2,28,29,35)/t18-,24+/m0/s1. The number of nitrogens with zero attached hydrogens (tertiary/aromatic N) is 2. The number of para-hydroxylation sites is 2. The molecule has 1 heterocycles. The van der Waals surface area contributed by atoms with Crippen LogP contribution in [0.5, 0.6) is 0 Å². The second kappa shape index (κ2) is 10.2. The lowest BCUT2D eigenvalue weighted by molar-refractivity contribution is -0.128. The van der Waals surface area contributed by atoms with Crippen LogP contribution in [0.4, 0.5) is 16.2 Å². The number of hydrogen-bond donors (Lipinski definition) is 3. The van der Waals surface area contributed by atoms with Crippen LogP contribution < -0.4 is 20.9 Å². The van der Waals surface area contributed by atoms with E-state index < -0.39 is 24.1 Å². The fourth-order valence-corrected chi connectivity index (χ4v) is 3.84. The molecule has 3 aromatic carbocycles. The lowest BCUT2D eigenvalue weighted by Gasteiger charge is -2.22. The first kappa shape index (κ1) is 23.7. The van der Waals surface area contributed by atoms with Gasteiger partial charge in [-0.2, -0.15) is 0 Å². The second-order valence-corrected chi connectivity index (χ2v) is 8.30. The molecule has 4 rings (SSSR count). The van der Waals surface area contributed by atoms with Crippen LogP contribution in [0.2, 0.25) is 0 Å². The van der Waals surface area contributed by atoms with Crippen molar-refractivity contribution in [2.75, 3.05) is 17.3 Å². The van der Waals surface area contributed by atoms with Gasteiger partial charge in [-0.3, -0.25) is 9.59 Å². The van der Waals surface area contributed by atoms with E-state index in [1.807, 2.05) is 79.7 Å². The molecule has 35 heavy (non-hydrogen) atoms. The molecule has 3 N–H and O–H groups in total. The lowest BCUT2D eigenvalue weighted by Crippen LogP contribution is -2.52. The molecule has 0 aromatic heterocycles. The molecule has 8 nitrogen and oxygen atoms in total. The number of fused-ring (bicyclic) bond motifs is 1. The average Bonchev–Trinajstić information content (AvgIpc) is 2.96. The van der Waals surface area contributed by atoms with Crippen molar-refractivity contribution in [2.24, 2.45) is 4.99 Å². The van der Waals surface area contributed by atoms with Gasteiger partial charge in [0.1, 0.15) is 6.04 Å². The first-order valence-corrected chi connectivity index (χ1v) is 11.3. The van der Waals surface area contributed by atoms with Crippen LogP contribution >= 0.6 is 0 Å². The molecule has 2 atom stereocenters. The van der Waals surface area contributed by atoms with E-state index in [1.54, 1.807) is 20.0 Å². The highest BCUT2D eigenvalue weighted by atomic mass is 16.2. The number of benzene rings is 3. The summed E-state index contributed by atoms with van der Waals surface area (Å²) < 4.78 is 0. The van der Waals surface area contributed by atoms with Gasteiger partial charge in [-0.1, -0.05) is 66.7 Å². The van der Waals surface area contributed by atoms with E-state index in [-0.39, 0.29) is 5.91 Å². The van der Waals surface area contributed by atoms with Gasteiger partial charge in [0.2, 0.25) is 12.1 Å². The van der Waals surface area contributed by atoms with Crippen molar-refractivity contribution in [3.8, 4) is 0 Å². The Hall–Kier alpha value is -4.46. The van der Waals surface area contributed by atoms with Crippen molar-refractivity contribution in [1.82, 2.24) is 10.6 Å². The third-order valence-electron chi connectivity index (χ3n) is 5.80. The molecular formula is C27H27N5O3. The maximum atomic E-state index is 13.2. The number of benzodiazepines with no additional fused rings is 1. The Morgan fingerprint density at radius 1 is 0.943 bits per heavy atom. The number of anilines is 2. The summed E-state index contributed by atoms with van der Waals surface area (Å²) in [7, 11) is 1.65. The molecule has 0 radical (unpaired) electrons. The van der Waals surface area contributed by atoms with E-state index in [0.717, 1.165) is 16.7 Å². The van der Waals surface area contributed by atoms with Crippen LogP contribution in [0.3, 0.4) is 0 Å². The van der Waals surface area contributed by atoms with Crippen molar-refractivity contribution in [2.45, 2.75) is 26.1 Å². The third-order valence-corrected chi connectivity index (χ3v) is 5.80. The third kappa shape index (κ3) is 5.22. The zero-order chi connectivity index (χ0) is 24.9. The average molecular weight is 470 g/mol. The van der Waals surface area contributed by atoms with E-state index in [2.05, 4.69) is 20.9 Å². The highest BCUT2D eigenvalue weighted by Gasteiger charge is 2.32. The van der Waals surface area contributed by atoms with Crippen LogP contribution in [-0.4, -0.2) is 42.8 Å². The Morgan fingerprint density at radius 3 is 2.34 bits per heavy atom. The smallest absolute Gasteiger partial charge is 0.319 e. The zero-order valence-electron chi connectivity index (χ0n) is 19.8. The minimum absolute atomic E-state index is 0.381. The molecular weight excluding hydrogens is 442 g/mol. The quantitative estimate of drug-likeness (QED) is 0.533. The molecule has 0 unspecified atom stereocenters. The molecule has 178 valence electrons. The number of likely N-dealkylation sites (N-methyl/N-ethyl adjacent to an activating group) is 1. The summed E-state index contributed by atoms with van der Waals surface area (Å²) in [5.74, 6) is -0.910. The van der Waals surface area contributed by atoms with Crippen molar-refractivity contribution < 1.29 is 14.4 Å². The molecule has 3 aromatic rings. The molecule has 1 aliphatic rings. The summed E-state index contributed by atoms with van der Waals surface area (Å²) in [6, 6.07) is 22.9. The number of aryl methyl sites for hydroxylation is 1. The SMILES string of the molecule is Cc1ccccc1NC(=O)N[C@@H](C)C(=O)N[C@H]1N=C(c2ccccc2)c2ccccc2N(C)C1=O. The van der Waals surface area contributed by atoms with E-state index in [9.17, 15) is 14.4 Å². The minimum atomic E-state index is -1.15. The van der Waals surface area contributed by atoms with Gasteiger partial charge < -0.3 is 20.9 Å². The minimum Gasteiger partial charge on any atom is -0.326 e. The van der Waals surface area contributed by atoms with Crippen molar-refractivity contribution in [3.05, 3.63) is 95.6 Å². The highest BCUT2D eigenvalue weighted by Crippen LogP contribution is 2.27. The van der Waals surface area contributed by atoms with E-state index in [0.29, 0.717) is 17.1 Å². The first-order chi connectivity index (χ1) is 16.8. The predicted molar refractivity (Wildman–Crippen MR) is 137 cm³/mol. The number of amides is 4. The fraction of sp³-hybridized carbons (Fsp3) is 0.185. The number of urea groups is 1. The van der Waals surface area contributed by atoms with E-state index >= 15 is 0 Å². The number of rotatable bonds is 5. The molecule has 0 spiro atoms. The van der Waals surface area contributed by atoms with Crippen LogP contribution in [0.25, 0.3) is 0 Å². The van der Waals surface area contributed by atoms with Gasteiger partial charge in [0, 0.05) is 23.9 Å². The lowest BCUT2D eigenvalue weighted by atomic mass is 10.0. The summed E-state index contributed by atoms with van der Waals surface area (Å²) in [6.45, 7) is 3.43. The molecule has 8 heteroatoms. The summed E-state index contributed by atoms with van der Waals surface area (Å²) >= 11 is 0. The number of carbonyl (C=O) groups excluding carboxylic acids is 3. The molecule has 0 bridgehead atoms. The predicted octanol–water partition coefficient (Wildman–Crippen LogP) is 3.46. The second-order valence-electron chi connectivity index (χ2n) is 8.30. The summed E-state index contributed by atoms with van der Waals surface area (Å²) in [6.07, 6.45) is -1.15. The van der Waals surface area contributed by atoms with Gasteiger partial charge in [0.15, 0.2) is 0 Å². The maximum Gasteiger partial charge on any atom is 0.319 e. The number of carbonyl (C=O) groups is 3. The molecule has 0 aliphatic carbocycles. The largest absolute Gasteiger partial charge is 0.326 e. The number of nitrogens with one attached hydrogen (secondary N) is 3. The highest BCUT2D eigenvalue weighted by molar-refractivity contribution is 6.20. The Balaban J connectivity index is 1.54. The summed E-state index contributed by atoms with van der Waals surface area (Å²) in [4.78, 5) is 44.8. The monoisotopic (exact) mass is 469 g/mol. The van der Waals surface area contributed by atoms with Crippen molar-refractivity contribution in [1.29, 1.82) is 0 Å². The van der Waals surface area contributed by atoms with Gasteiger partial charge in [0.25, 0.3) is 5.91 Å². The maximum absolute atomic E-state index is 13.2. The van der Waals surface area contributed by atoms with Gasteiger partial charge in [-0.15, -0.1) is 0 Å². The first-order valence-electron chi connectivity index (χ1n) is 11.3. The number of hydrogen-bond acceptors (Lipinski definition) is 4. The Bertz CT molecular complexity index is 1290. The van der Waals surface area contributed by atoms with Gasteiger partial charge in [-0.25, -0.2) is 9.79 Å². The van der Waals surface area contributed by atoms with E-state index in [4.69, 9.17) is 0 Å². The van der Waals surface area contributed by atoms with Crippen LogP contribution in [0, 0.1) is 6.92 Å². The molecule has 4 amide bonds. The van der Waals surface area contributed by atoms with Crippen LogP contribution in [0.15, 0.2) is 83.9 Å². The zero-order valence-corrected chi connectivity index (χ0v) is 19.8. The molecule has 0 saturated heterocycles. The van der Waals surface area contributed by atoms with Crippen LogP contribution in [0.1, 0.15) is 23.6 Å². The Morgan fingerprint density at radius 2 is 1.60 bits per heavy atom. The normalized spacial score (nSPS) is 15.9. The van der Waals surface area contributed by atoms with Gasteiger partial charge in [-0.05, 0) is 31.5 Å². The summed E-state index contributed by atoms with van der Waals surface area (Å²) in [5, 5.41) is 8.04.